The molecule has 2 aromatic heterocycles. The first-order valence-electron chi connectivity index (χ1n) is 9.81. The normalized spacial score (nSPS) is 15.0. The van der Waals surface area contributed by atoms with E-state index in [1.807, 2.05) is 51.1 Å². The molecule has 1 aliphatic rings. The molecule has 3 aromatic rings. The predicted octanol–water partition coefficient (Wildman–Crippen LogP) is 2.86. The van der Waals surface area contributed by atoms with Gasteiger partial charge in [-0.15, -0.1) is 10.2 Å². The second-order valence-corrected chi connectivity index (χ2v) is 8.36. The number of hydrogen-bond acceptors (Lipinski definition) is 6. The first kappa shape index (κ1) is 19.3. The van der Waals surface area contributed by atoms with E-state index in [0.717, 1.165) is 30.2 Å². The van der Waals surface area contributed by atoms with Gasteiger partial charge in [0.05, 0.1) is 5.69 Å². The van der Waals surface area contributed by atoms with Crippen molar-refractivity contribution in [1.29, 1.82) is 0 Å². The van der Waals surface area contributed by atoms with Crippen LogP contribution in [0.3, 0.4) is 0 Å². The standard InChI is InChI=1S/C21H26N6O2/c1-13-25-26-20(29-13)17(21(2,3)4)24-19(28)16-15-12-22-10-11-27(15)18(23-16)14-8-6-5-7-9-14/h5-9,17,22H,10-12H2,1-4H3,(H,24,28)/t17-/m1/s1. The van der Waals surface area contributed by atoms with E-state index < -0.39 is 6.04 Å². The van der Waals surface area contributed by atoms with E-state index in [4.69, 9.17) is 9.40 Å². The van der Waals surface area contributed by atoms with Gasteiger partial charge in [-0.05, 0) is 5.41 Å². The van der Waals surface area contributed by atoms with Crippen LogP contribution in [0.4, 0.5) is 0 Å². The molecule has 2 N–H and O–H groups in total. The Morgan fingerprint density at radius 2 is 2.00 bits per heavy atom. The number of nitrogens with zero attached hydrogens (tertiary/aromatic N) is 4. The summed E-state index contributed by atoms with van der Waals surface area (Å²) in [6.07, 6.45) is 0. The van der Waals surface area contributed by atoms with Crippen molar-refractivity contribution in [2.75, 3.05) is 6.54 Å². The zero-order valence-electron chi connectivity index (χ0n) is 17.2. The van der Waals surface area contributed by atoms with Crippen LogP contribution in [-0.2, 0) is 13.1 Å². The van der Waals surface area contributed by atoms with Crippen LogP contribution in [0.2, 0.25) is 0 Å². The summed E-state index contributed by atoms with van der Waals surface area (Å²) in [6.45, 7) is 10.0. The molecule has 1 amide bonds. The molecule has 0 bridgehead atoms. The fraction of sp³-hybridized carbons (Fsp3) is 0.429. The molecule has 1 aromatic carbocycles. The minimum absolute atomic E-state index is 0.240. The maximum Gasteiger partial charge on any atom is 0.272 e. The van der Waals surface area contributed by atoms with Gasteiger partial charge >= 0.3 is 0 Å². The maximum atomic E-state index is 13.3. The molecule has 0 spiro atoms. The van der Waals surface area contributed by atoms with Gasteiger partial charge in [0.2, 0.25) is 11.8 Å². The predicted molar refractivity (Wildman–Crippen MR) is 108 cm³/mol. The van der Waals surface area contributed by atoms with Crippen LogP contribution in [0.15, 0.2) is 34.7 Å². The van der Waals surface area contributed by atoms with Gasteiger partial charge in [0.15, 0.2) is 5.69 Å². The fourth-order valence-corrected chi connectivity index (χ4v) is 3.57. The lowest BCUT2D eigenvalue weighted by molar-refractivity contribution is 0.0878. The number of aromatic nitrogens is 4. The Morgan fingerprint density at radius 3 is 2.66 bits per heavy atom. The van der Waals surface area contributed by atoms with E-state index in [1.54, 1.807) is 6.92 Å². The van der Waals surface area contributed by atoms with Crippen molar-refractivity contribution >= 4 is 5.91 Å². The maximum absolute atomic E-state index is 13.3. The third-order valence-corrected chi connectivity index (χ3v) is 5.05. The molecule has 8 heteroatoms. The monoisotopic (exact) mass is 394 g/mol. The average molecular weight is 394 g/mol. The Kier molecular flexibility index (Phi) is 4.96. The molecular formula is C21H26N6O2. The van der Waals surface area contributed by atoms with Crippen molar-refractivity contribution in [3.8, 4) is 11.4 Å². The molecule has 0 radical (unpaired) electrons. The van der Waals surface area contributed by atoms with Crippen LogP contribution in [-0.4, -0.2) is 32.2 Å². The Bertz CT molecular complexity index is 1020. The molecule has 1 aliphatic heterocycles. The topological polar surface area (TPSA) is 97.9 Å². The summed E-state index contributed by atoms with van der Waals surface area (Å²) in [7, 11) is 0. The molecule has 8 nitrogen and oxygen atoms in total. The highest BCUT2D eigenvalue weighted by molar-refractivity contribution is 5.94. The van der Waals surface area contributed by atoms with E-state index in [1.165, 1.54) is 0 Å². The van der Waals surface area contributed by atoms with Gasteiger partial charge in [-0.3, -0.25) is 4.79 Å². The second-order valence-electron chi connectivity index (χ2n) is 8.36. The van der Waals surface area contributed by atoms with Gasteiger partial charge in [-0.1, -0.05) is 51.1 Å². The molecule has 0 saturated heterocycles. The number of carbonyl (C=O) groups excluding carboxylic acids is 1. The average Bonchev–Trinajstić information content (AvgIpc) is 3.29. The molecule has 0 unspecified atom stereocenters. The summed E-state index contributed by atoms with van der Waals surface area (Å²) in [5, 5.41) is 14.5. The number of imidazole rings is 1. The molecule has 4 rings (SSSR count). The van der Waals surface area contributed by atoms with E-state index in [-0.39, 0.29) is 11.3 Å². The summed E-state index contributed by atoms with van der Waals surface area (Å²) in [5.41, 5.74) is 2.01. The second kappa shape index (κ2) is 7.44. The third kappa shape index (κ3) is 3.80. The number of nitrogens with one attached hydrogen (secondary N) is 2. The molecule has 1 atom stereocenters. The summed E-state index contributed by atoms with van der Waals surface area (Å²) >= 11 is 0. The lowest BCUT2D eigenvalue weighted by atomic mass is 9.86. The Hall–Kier alpha value is -3.00. The number of carbonyl (C=O) groups is 1. The summed E-state index contributed by atoms with van der Waals surface area (Å²) in [6, 6.07) is 9.53. The van der Waals surface area contributed by atoms with Crippen molar-refractivity contribution < 1.29 is 9.21 Å². The first-order chi connectivity index (χ1) is 13.8. The van der Waals surface area contributed by atoms with Crippen molar-refractivity contribution in [2.24, 2.45) is 5.41 Å². The molecule has 152 valence electrons. The lowest BCUT2D eigenvalue weighted by Crippen LogP contribution is -2.38. The minimum Gasteiger partial charge on any atom is -0.423 e. The van der Waals surface area contributed by atoms with E-state index in [9.17, 15) is 4.79 Å². The Morgan fingerprint density at radius 1 is 1.24 bits per heavy atom. The summed E-state index contributed by atoms with van der Waals surface area (Å²) in [5.74, 6) is 1.44. The van der Waals surface area contributed by atoms with Crippen LogP contribution in [0.1, 0.15) is 54.8 Å². The molecular weight excluding hydrogens is 368 g/mol. The lowest BCUT2D eigenvalue weighted by Gasteiger charge is -2.28. The summed E-state index contributed by atoms with van der Waals surface area (Å²) in [4.78, 5) is 18.0. The third-order valence-electron chi connectivity index (χ3n) is 5.05. The van der Waals surface area contributed by atoms with Gasteiger partial charge in [-0.25, -0.2) is 4.98 Å². The highest BCUT2D eigenvalue weighted by Crippen LogP contribution is 2.33. The number of fused-ring (bicyclic) bond motifs is 1. The van der Waals surface area contributed by atoms with Crippen LogP contribution >= 0.6 is 0 Å². The van der Waals surface area contributed by atoms with Crippen LogP contribution < -0.4 is 10.6 Å². The van der Waals surface area contributed by atoms with Gasteiger partial charge in [-0.2, -0.15) is 0 Å². The summed E-state index contributed by atoms with van der Waals surface area (Å²) < 4.78 is 7.75. The van der Waals surface area contributed by atoms with Gasteiger partial charge in [0, 0.05) is 32.1 Å². The molecule has 0 fully saturated rings. The highest BCUT2D eigenvalue weighted by atomic mass is 16.4. The number of amides is 1. The number of aryl methyl sites for hydroxylation is 1. The van der Waals surface area contributed by atoms with Crippen molar-refractivity contribution in [3.63, 3.8) is 0 Å². The Balaban J connectivity index is 1.70. The molecule has 3 heterocycles. The molecule has 0 aliphatic carbocycles. The fourth-order valence-electron chi connectivity index (χ4n) is 3.57. The zero-order valence-corrected chi connectivity index (χ0v) is 17.2. The smallest absolute Gasteiger partial charge is 0.272 e. The number of benzene rings is 1. The van der Waals surface area contributed by atoms with Gasteiger partial charge < -0.3 is 19.6 Å². The van der Waals surface area contributed by atoms with Crippen molar-refractivity contribution in [1.82, 2.24) is 30.4 Å². The first-order valence-corrected chi connectivity index (χ1v) is 9.81. The van der Waals surface area contributed by atoms with Crippen LogP contribution in [0.5, 0.6) is 0 Å². The van der Waals surface area contributed by atoms with E-state index in [0.29, 0.717) is 24.0 Å². The molecule has 29 heavy (non-hydrogen) atoms. The SMILES string of the molecule is Cc1nnc([C@@H](NC(=O)c2nc(-c3ccccc3)n3c2CNCC3)C(C)(C)C)o1. The number of rotatable bonds is 4. The van der Waals surface area contributed by atoms with E-state index >= 15 is 0 Å². The van der Waals surface area contributed by atoms with Crippen molar-refractivity contribution in [3.05, 3.63) is 53.5 Å². The molecule has 0 saturated carbocycles. The van der Waals surface area contributed by atoms with Crippen LogP contribution in [0, 0.1) is 12.3 Å². The quantitative estimate of drug-likeness (QED) is 0.706. The van der Waals surface area contributed by atoms with E-state index in [2.05, 4.69) is 25.4 Å². The zero-order chi connectivity index (χ0) is 20.6. The Labute approximate surface area is 169 Å². The van der Waals surface area contributed by atoms with Crippen LogP contribution in [0.25, 0.3) is 11.4 Å². The highest BCUT2D eigenvalue weighted by Gasteiger charge is 2.34. The van der Waals surface area contributed by atoms with Gasteiger partial charge in [0.1, 0.15) is 11.9 Å². The minimum atomic E-state index is -0.426. The number of hydrogen-bond donors (Lipinski definition) is 2. The largest absolute Gasteiger partial charge is 0.423 e. The van der Waals surface area contributed by atoms with Crippen molar-refractivity contribution in [2.45, 2.75) is 46.8 Å². The van der Waals surface area contributed by atoms with Gasteiger partial charge in [0.25, 0.3) is 5.91 Å².